The molecule has 4 nitrogen and oxygen atoms in total. The molecule has 3 rings (SSSR count). The molecule has 0 N–H and O–H groups in total. The molecule has 0 amide bonds. The first kappa shape index (κ1) is 25.2. The maximum Gasteiger partial charge on any atom is 0.185 e. The molecule has 0 bridgehead atoms. The van der Waals surface area contributed by atoms with Crippen molar-refractivity contribution < 1.29 is 4.79 Å². The lowest BCUT2D eigenvalue weighted by Crippen LogP contribution is -2.43. The van der Waals surface area contributed by atoms with Crippen molar-refractivity contribution in [3.8, 4) is 0 Å². The van der Waals surface area contributed by atoms with Gasteiger partial charge in [0.2, 0.25) is 0 Å². The molecule has 0 aliphatic carbocycles. The van der Waals surface area contributed by atoms with E-state index in [1.807, 2.05) is 18.2 Å². The largest absolute Gasteiger partial charge is 0.372 e. The van der Waals surface area contributed by atoms with Gasteiger partial charge in [0.1, 0.15) is 0 Å². The number of ketones is 1. The van der Waals surface area contributed by atoms with E-state index in [1.54, 1.807) is 6.08 Å². The Labute approximate surface area is 200 Å². The fourth-order valence-electron chi connectivity index (χ4n) is 4.17. The van der Waals surface area contributed by atoms with Crippen molar-refractivity contribution in [1.29, 1.82) is 0 Å². The number of hydrogen-bond acceptors (Lipinski definition) is 4. The van der Waals surface area contributed by atoms with Crippen molar-refractivity contribution in [1.82, 2.24) is 9.80 Å². The SMILES string of the molecule is CCCCN(CCCC)c1ccc(C=CC(=O)c2ccc(CN3CCN(C)CC3)cc2)cc1. The number of likely N-dealkylation sites (N-methyl/N-ethyl adjacent to an activating group) is 1. The Balaban J connectivity index is 1.54. The molecule has 0 radical (unpaired) electrons. The highest BCUT2D eigenvalue weighted by Crippen LogP contribution is 2.18. The lowest BCUT2D eigenvalue weighted by Gasteiger charge is -2.32. The van der Waals surface area contributed by atoms with Crippen LogP contribution < -0.4 is 4.90 Å². The van der Waals surface area contributed by atoms with Gasteiger partial charge in [-0.15, -0.1) is 0 Å². The van der Waals surface area contributed by atoms with Crippen LogP contribution in [0.3, 0.4) is 0 Å². The van der Waals surface area contributed by atoms with Crippen LogP contribution in [0.1, 0.15) is 61.0 Å². The molecule has 178 valence electrons. The van der Waals surface area contributed by atoms with Gasteiger partial charge in [0, 0.05) is 57.1 Å². The zero-order chi connectivity index (χ0) is 23.5. The summed E-state index contributed by atoms with van der Waals surface area (Å²) < 4.78 is 0. The molecule has 0 aromatic heterocycles. The van der Waals surface area contributed by atoms with E-state index in [9.17, 15) is 4.79 Å². The first-order chi connectivity index (χ1) is 16.1. The molecule has 1 fully saturated rings. The lowest BCUT2D eigenvalue weighted by atomic mass is 10.1. The van der Waals surface area contributed by atoms with Gasteiger partial charge in [0.25, 0.3) is 0 Å². The minimum Gasteiger partial charge on any atom is -0.372 e. The van der Waals surface area contributed by atoms with Crippen LogP contribution in [0.4, 0.5) is 5.69 Å². The first-order valence-corrected chi connectivity index (χ1v) is 12.7. The normalized spacial score (nSPS) is 15.2. The van der Waals surface area contributed by atoms with Gasteiger partial charge in [-0.1, -0.05) is 69.2 Å². The Morgan fingerprint density at radius 2 is 1.48 bits per heavy atom. The van der Waals surface area contributed by atoms with E-state index in [1.165, 1.54) is 36.9 Å². The second-order valence-electron chi connectivity index (χ2n) is 9.26. The molecule has 0 saturated carbocycles. The molecule has 33 heavy (non-hydrogen) atoms. The number of hydrogen-bond donors (Lipinski definition) is 0. The Bertz CT molecular complexity index is 857. The third-order valence-corrected chi connectivity index (χ3v) is 6.49. The standard InChI is InChI=1S/C29H41N3O/c1-4-6-18-32(19-7-5-2)28-15-10-25(11-16-28)12-17-29(33)27-13-8-26(9-14-27)24-31-22-20-30(3)21-23-31/h8-17H,4-7,18-24H2,1-3H3. The number of allylic oxidation sites excluding steroid dienone is 1. The summed E-state index contributed by atoms with van der Waals surface area (Å²) in [6, 6.07) is 16.7. The van der Waals surface area contributed by atoms with Crippen LogP contribution >= 0.6 is 0 Å². The molecular weight excluding hydrogens is 406 g/mol. The van der Waals surface area contributed by atoms with E-state index in [0.29, 0.717) is 0 Å². The maximum atomic E-state index is 12.7. The van der Waals surface area contributed by atoms with Crippen molar-refractivity contribution in [3.63, 3.8) is 0 Å². The van der Waals surface area contributed by atoms with E-state index in [-0.39, 0.29) is 5.78 Å². The summed E-state index contributed by atoms with van der Waals surface area (Å²) in [4.78, 5) is 20.0. The smallest absolute Gasteiger partial charge is 0.185 e. The second kappa shape index (κ2) is 13.3. The average molecular weight is 448 g/mol. The summed E-state index contributed by atoms with van der Waals surface area (Å²) >= 11 is 0. The molecule has 0 unspecified atom stereocenters. The first-order valence-electron chi connectivity index (χ1n) is 12.7. The maximum absolute atomic E-state index is 12.7. The number of piperazine rings is 1. The second-order valence-corrected chi connectivity index (χ2v) is 9.26. The van der Waals surface area contributed by atoms with Crippen molar-refractivity contribution in [2.45, 2.75) is 46.1 Å². The molecule has 1 saturated heterocycles. The number of carbonyl (C=O) groups is 1. The summed E-state index contributed by atoms with van der Waals surface area (Å²) in [6.07, 6.45) is 8.47. The van der Waals surface area contributed by atoms with Gasteiger partial charge in [-0.25, -0.2) is 0 Å². The summed E-state index contributed by atoms with van der Waals surface area (Å²) in [6.45, 7) is 12.1. The zero-order valence-electron chi connectivity index (χ0n) is 20.8. The van der Waals surface area contributed by atoms with Gasteiger partial charge in [-0.05, 0) is 49.2 Å². The monoisotopic (exact) mass is 447 g/mol. The molecular formula is C29H41N3O. The van der Waals surface area contributed by atoms with Crippen LogP contribution in [-0.2, 0) is 6.54 Å². The Morgan fingerprint density at radius 1 is 0.879 bits per heavy atom. The van der Waals surface area contributed by atoms with E-state index < -0.39 is 0 Å². The number of unbranched alkanes of at least 4 members (excludes halogenated alkanes) is 2. The quantitative estimate of drug-likeness (QED) is 0.306. The molecule has 1 heterocycles. The Hall–Kier alpha value is -2.43. The minimum absolute atomic E-state index is 0.0535. The van der Waals surface area contributed by atoms with Crippen molar-refractivity contribution in [2.75, 3.05) is 51.2 Å². The van der Waals surface area contributed by atoms with E-state index in [4.69, 9.17) is 0 Å². The van der Waals surface area contributed by atoms with Crippen LogP contribution in [0, 0.1) is 0 Å². The highest BCUT2D eigenvalue weighted by molar-refractivity contribution is 6.06. The van der Waals surface area contributed by atoms with Gasteiger partial charge < -0.3 is 9.80 Å². The molecule has 2 aromatic carbocycles. The van der Waals surface area contributed by atoms with Crippen molar-refractivity contribution in [3.05, 3.63) is 71.3 Å². The summed E-state index contributed by atoms with van der Waals surface area (Å²) in [5.41, 5.74) is 4.35. The van der Waals surface area contributed by atoms with Gasteiger partial charge in [0.05, 0.1) is 0 Å². The van der Waals surface area contributed by atoms with Crippen LogP contribution in [0.5, 0.6) is 0 Å². The highest BCUT2D eigenvalue weighted by atomic mass is 16.1. The van der Waals surface area contributed by atoms with Gasteiger partial charge in [-0.2, -0.15) is 0 Å². The van der Waals surface area contributed by atoms with Crippen LogP contribution in [0.15, 0.2) is 54.6 Å². The Morgan fingerprint density at radius 3 is 2.06 bits per heavy atom. The molecule has 2 aromatic rings. The topological polar surface area (TPSA) is 26.8 Å². The molecule has 0 atom stereocenters. The van der Waals surface area contributed by atoms with Crippen LogP contribution in [-0.4, -0.2) is 61.9 Å². The molecule has 0 spiro atoms. The third kappa shape index (κ3) is 8.13. The average Bonchev–Trinajstić information content (AvgIpc) is 2.85. The fourth-order valence-corrected chi connectivity index (χ4v) is 4.17. The number of carbonyl (C=O) groups excluding carboxylic acids is 1. The van der Waals surface area contributed by atoms with Gasteiger partial charge in [0.15, 0.2) is 5.78 Å². The van der Waals surface area contributed by atoms with Crippen molar-refractivity contribution >= 4 is 17.5 Å². The number of nitrogens with zero attached hydrogens (tertiary/aromatic N) is 3. The van der Waals surface area contributed by atoms with Crippen LogP contribution in [0.25, 0.3) is 6.08 Å². The molecule has 4 heteroatoms. The van der Waals surface area contributed by atoms with Gasteiger partial charge >= 0.3 is 0 Å². The minimum atomic E-state index is 0.0535. The van der Waals surface area contributed by atoms with E-state index >= 15 is 0 Å². The number of rotatable bonds is 12. The molecule has 1 aliphatic heterocycles. The van der Waals surface area contributed by atoms with Gasteiger partial charge in [-0.3, -0.25) is 9.69 Å². The predicted octanol–water partition coefficient (Wildman–Crippen LogP) is 5.74. The summed E-state index contributed by atoms with van der Waals surface area (Å²) in [5.74, 6) is 0.0535. The lowest BCUT2D eigenvalue weighted by molar-refractivity contribution is 0.104. The predicted molar refractivity (Wildman–Crippen MR) is 141 cm³/mol. The summed E-state index contributed by atoms with van der Waals surface area (Å²) in [7, 11) is 2.18. The third-order valence-electron chi connectivity index (χ3n) is 6.49. The summed E-state index contributed by atoms with van der Waals surface area (Å²) in [5, 5.41) is 0. The molecule has 1 aliphatic rings. The van der Waals surface area contributed by atoms with Crippen LogP contribution in [0.2, 0.25) is 0 Å². The highest BCUT2D eigenvalue weighted by Gasteiger charge is 2.14. The number of benzene rings is 2. The fraction of sp³-hybridized carbons (Fsp3) is 0.483. The number of anilines is 1. The Kier molecular flexibility index (Phi) is 10.2. The van der Waals surface area contributed by atoms with Crippen molar-refractivity contribution in [2.24, 2.45) is 0 Å². The zero-order valence-corrected chi connectivity index (χ0v) is 20.8. The van der Waals surface area contributed by atoms with E-state index in [2.05, 4.69) is 72.0 Å². The van der Waals surface area contributed by atoms with E-state index in [0.717, 1.165) is 56.9 Å².